The molecule has 8 heteroatoms. The highest BCUT2D eigenvalue weighted by Gasteiger charge is 2.41. The maximum atomic E-state index is 12.3. The van der Waals surface area contributed by atoms with Crippen LogP contribution in [0.3, 0.4) is 0 Å². The Labute approximate surface area is 147 Å². The van der Waals surface area contributed by atoms with Crippen molar-refractivity contribution in [3.63, 3.8) is 0 Å². The van der Waals surface area contributed by atoms with Crippen molar-refractivity contribution in [1.29, 1.82) is 0 Å². The zero-order chi connectivity index (χ0) is 18.4. The molecule has 0 radical (unpaired) electrons. The van der Waals surface area contributed by atoms with Crippen LogP contribution in [-0.4, -0.2) is 73.2 Å². The number of methoxy groups -OCH3 is 2. The lowest BCUT2D eigenvalue weighted by atomic mass is 9.88. The van der Waals surface area contributed by atoms with E-state index in [9.17, 15) is 4.79 Å². The number of carbonyl (C=O) groups excluding carboxylic acids is 1. The Morgan fingerprint density at radius 3 is 2.72 bits per heavy atom. The number of likely N-dealkylation sites (tertiary alicyclic amines) is 2. The van der Waals surface area contributed by atoms with Gasteiger partial charge in [-0.2, -0.15) is 0 Å². The molecule has 2 atom stereocenters. The summed E-state index contributed by atoms with van der Waals surface area (Å²) in [5.74, 6) is 2.27. The standard InChI is InChI=1S/C16H23N3O3.CH2O2/c1-18-7-5-11-8-19(9-12(11)16(18)20)10-13-15(22-3)14(21-2)4-6-17-13;2-1-3/h4,6,11-12H,5,7-10H2,1-3H3;1H,(H,2,3)/t11-,12+;/m1./s1. The van der Waals surface area contributed by atoms with E-state index < -0.39 is 0 Å². The first-order valence-electron chi connectivity index (χ1n) is 8.16. The molecule has 3 heterocycles. The minimum atomic E-state index is -0.250. The molecule has 0 unspecified atom stereocenters. The van der Waals surface area contributed by atoms with Gasteiger partial charge in [-0.3, -0.25) is 19.5 Å². The molecule has 25 heavy (non-hydrogen) atoms. The van der Waals surface area contributed by atoms with Gasteiger partial charge >= 0.3 is 0 Å². The number of carboxylic acid groups (broad SMARTS) is 1. The minimum Gasteiger partial charge on any atom is -0.493 e. The maximum Gasteiger partial charge on any atom is 0.290 e. The number of hydrogen-bond donors (Lipinski definition) is 1. The van der Waals surface area contributed by atoms with Crippen LogP contribution in [0.1, 0.15) is 12.1 Å². The van der Waals surface area contributed by atoms with Crippen molar-refractivity contribution in [2.45, 2.75) is 13.0 Å². The van der Waals surface area contributed by atoms with Gasteiger partial charge in [-0.1, -0.05) is 0 Å². The third-order valence-electron chi connectivity index (χ3n) is 4.78. The number of amides is 1. The number of hydrogen-bond acceptors (Lipinski definition) is 6. The number of ether oxygens (including phenoxy) is 2. The van der Waals surface area contributed by atoms with Crippen molar-refractivity contribution < 1.29 is 24.2 Å². The highest BCUT2D eigenvalue weighted by molar-refractivity contribution is 5.80. The van der Waals surface area contributed by atoms with Crippen LogP contribution in [0.25, 0.3) is 0 Å². The van der Waals surface area contributed by atoms with Crippen molar-refractivity contribution in [3.05, 3.63) is 18.0 Å². The van der Waals surface area contributed by atoms with Crippen molar-refractivity contribution in [2.24, 2.45) is 11.8 Å². The third kappa shape index (κ3) is 4.19. The lowest BCUT2D eigenvalue weighted by Crippen LogP contribution is -2.42. The minimum absolute atomic E-state index is 0.135. The van der Waals surface area contributed by atoms with Gasteiger partial charge in [0.25, 0.3) is 6.47 Å². The monoisotopic (exact) mass is 351 g/mol. The van der Waals surface area contributed by atoms with Gasteiger partial charge in [-0.25, -0.2) is 0 Å². The molecule has 2 aliphatic rings. The van der Waals surface area contributed by atoms with Crippen molar-refractivity contribution in [2.75, 3.05) is 40.9 Å². The van der Waals surface area contributed by atoms with Crippen LogP contribution in [0, 0.1) is 11.8 Å². The van der Waals surface area contributed by atoms with E-state index >= 15 is 0 Å². The Kier molecular flexibility index (Phi) is 6.58. The fourth-order valence-corrected chi connectivity index (χ4v) is 3.59. The Bertz CT molecular complexity index is 610. The molecule has 3 rings (SSSR count). The molecular weight excluding hydrogens is 326 g/mol. The number of nitrogens with zero attached hydrogens (tertiary/aromatic N) is 3. The van der Waals surface area contributed by atoms with Gasteiger partial charge < -0.3 is 19.5 Å². The Hall–Kier alpha value is -2.35. The van der Waals surface area contributed by atoms with Crippen molar-refractivity contribution in [1.82, 2.24) is 14.8 Å². The van der Waals surface area contributed by atoms with E-state index in [1.807, 2.05) is 11.9 Å². The maximum absolute atomic E-state index is 12.3. The number of aromatic nitrogens is 1. The molecule has 1 aromatic heterocycles. The number of rotatable bonds is 4. The zero-order valence-corrected chi connectivity index (χ0v) is 14.8. The lowest BCUT2D eigenvalue weighted by molar-refractivity contribution is -0.137. The van der Waals surface area contributed by atoms with E-state index in [-0.39, 0.29) is 18.3 Å². The first-order valence-corrected chi connectivity index (χ1v) is 8.16. The molecule has 0 aromatic carbocycles. The molecule has 0 spiro atoms. The van der Waals surface area contributed by atoms with E-state index in [1.165, 1.54) is 0 Å². The molecule has 1 amide bonds. The van der Waals surface area contributed by atoms with Crippen LogP contribution in [-0.2, 0) is 16.1 Å². The lowest BCUT2D eigenvalue weighted by Gasteiger charge is -2.30. The second-order valence-electron chi connectivity index (χ2n) is 6.21. The molecule has 1 N–H and O–H groups in total. The fourth-order valence-electron chi connectivity index (χ4n) is 3.59. The summed E-state index contributed by atoms with van der Waals surface area (Å²) in [4.78, 5) is 29.2. The van der Waals surface area contributed by atoms with Gasteiger partial charge in [-0.15, -0.1) is 0 Å². The molecule has 1 aromatic rings. The van der Waals surface area contributed by atoms with Gasteiger partial charge in [-0.05, 0) is 12.3 Å². The van der Waals surface area contributed by atoms with E-state index in [0.717, 1.165) is 31.7 Å². The summed E-state index contributed by atoms with van der Waals surface area (Å²) in [5.41, 5.74) is 0.862. The second-order valence-corrected chi connectivity index (χ2v) is 6.21. The fraction of sp³-hybridized carbons (Fsp3) is 0.588. The summed E-state index contributed by atoms with van der Waals surface area (Å²) in [6, 6.07) is 1.80. The van der Waals surface area contributed by atoms with E-state index in [0.29, 0.717) is 24.0 Å². The molecule has 8 nitrogen and oxygen atoms in total. The summed E-state index contributed by atoms with van der Waals surface area (Å²) in [6.45, 7) is 3.06. The van der Waals surface area contributed by atoms with Gasteiger partial charge in [0, 0.05) is 45.5 Å². The van der Waals surface area contributed by atoms with Crippen molar-refractivity contribution in [3.8, 4) is 11.5 Å². The first kappa shape index (κ1) is 19.0. The molecule has 0 bridgehead atoms. The van der Waals surface area contributed by atoms with Gasteiger partial charge in [0.05, 0.1) is 20.1 Å². The quantitative estimate of drug-likeness (QED) is 0.799. The predicted octanol–water partition coefficient (Wildman–Crippen LogP) is 0.710. The van der Waals surface area contributed by atoms with E-state index in [2.05, 4.69) is 9.88 Å². The summed E-state index contributed by atoms with van der Waals surface area (Å²) in [7, 11) is 5.15. The zero-order valence-electron chi connectivity index (χ0n) is 14.8. The highest BCUT2D eigenvalue weighted by atomic mass is 16.5. The SMILES string of the molecule is COc1ccnc(CN2C[C@H]3CCN(C)C(=O)[C@H]3C2)c1OC.O=CO. The average molecular weight is 351 g/mol. The van der Waals surface area contributed by atoms with Crippen LogP contribution >= 0.6 is 0 Å². The number of pyridine rings is 1. The number of carbonyl (C=O) groups is 2. The summed E-state index contributed by atoms with van der Waals surface area (Å²) >= 11 is 0. The van der Waals surface area contributed by atoms with Crippen LogP contribution in [0.5, 0.6) is 11.5 Å². The first-order chi connectivity index (χ1) is 12.0. The topological polar surface area (TPSA) is 92.2 Å². The highest BCUT2D eigenvalue weighted by Crippen LogP contribution is 2.35. The van der Waals surface area contributed by atoms with Crippen LogP contribution in [0.4, 0.5) is 0 Å². The van der Waals surface area contributed by atoms with Crippen LogP contribution < -0.4 is 9.47 Å². The Balaban J connectivity index is 0.000000701. The number of fused-ring (bicyclic) bond motifs is 1. The smallest absolute Gasteiger partial charge is 0.290 e. The van der Waals surface area contributed by atoms with Gasteiger partial charge in [0.2, 0.25) is 5.91 Å². The van der Waals surface area contributed by atoms with Crippen LogP contribution in [0.15, 0.2) is 12.3 Å². The molecule has 2 fully saturated rings. The van der Waals surface area contributed by atoms with E-state index in [1.54, 1.807) is 26.5 Å². The molecule has 0 aliphatic carbocycles. The average Bonchev–Trinajstić information content (AvgIpc) is 3.02. The van der Waals surface area contributed by atoms with Crippen molar-refractivity contribution >= 4 is 12.4 Å². The Morgan fingerprint density at radius 2 is 2.08 bits per heavy atom. The van der Waals surface area contributed by atoms with Gasteiger partial charge in [0.15, 0.2) is 11.5 Å². The predicted molar refractivity (Wildman–Crippen MR) is 90.5 cm³/mol. The summed E-state index contributed by atoms with van der Waals surface area (Å²) in [5, 5.41) is 6.89. The molecular formula is C17H25N3O5. The normalized spacial score (nSPS) is 22.7. The molecule has 2 aliphatic heterocycles. The van der Waals surface area contributed by atoms with E-state index in [4.69, 9.17) is 19.4 Å². The van der Waals surface area contributed by atoms with Crippen LogP contribution in [0.2, 0.25) is 0 Å². The largest absolute Gasteiger partial charge is 0.493 e. The summed E-state index contributed by atoms with van der Waals surface area (Å²) < 4.78 is 10.8. The third-order valence-corrected chi connectivity index (χ3v) is 4.78. The summed E-state index contributed by atoms with van der Waals surface area (Å²) in [6.07, 6.45) is 2.82. The molecule has 0 saturated carbocycles. The second kappa shape index (κ2) is 8.66. The Morgan fingerprint density at radius 1 is 1.36 bits per heavy atom. The molecule has 138 valence electrons. The number of piperidine rings is 1. The molecule has 2 saturated heterocycles. The van der Waals surface area contributed by atoms with Gasteiger partial charge in [0.1, 0.15) is 5.69 Å².